The Morgan fingerprint density at radius 3 is 2.68 bits per heavy atom. The van der Waals surface area contributed by atoms with Gasteiger partial charge in [0.05, 0.1) is 12.0 Å². The summed E-state index contributed by atoms with van der Waals surface area (Å²) in [6, 6.07) is 8.40. The first-order valence-corrected chi connectivity index (χ1v) is 9.42. The van der Waals surface area contributed by atoms with Crippen molar-refractivity contribution < 1.29 is 19.4 Å². The monoisotopic (exact) mass is 359 g/mol. The van der Waals surface area contributed by atoms with Crippen molar-refractivity contribution in [2.24, 2.45) is 5.92 Å². The number of carboxylic acids is 1. The zero-order chi connectivity index (χ0) is 17.4. The maximum atomic E-state index is 11.3. The van der Waals surface area contributed by atoms with Gasteiger partial charge in [-0.2, -0.15) is 0 Å². The maximum Gasteiger partial charge on any atom is 0.306 e. The lowest BCUT2D eigenvalue weighted by atomic mass is 9.93. The molecule has 0 amide bonds. The normalized spacial score (nSPS) is 19.1. The highest BCUT2D eigenvalue weighted by atomic mass is 32.1. The molecule has 0 bridgehead atoms. The predicted molar refractivity (Wildman–Crippen MR) is 95.4 cm³/mol. The molecule has 1 unspecified atom stereocenters. The summed E-state index contributed by atoms with van der Waals surface area (Å²) in [6.07, 6.45) is 1.39. The number of ether oxygens (including phenoxy) is 2. The standard InChI is InChI=1S/C19H21NO4S/c1-12-6-9-25-18(12)17(20-7-4-13(5-8-20)19(21)22)14-2-3-15-16(10-14)24-11-23-15/h2-3,6,9-10,13,17H,4-5,7-8,11H2,1H3,(H,21,22). The topological polar surface area (TPSA) is 59.0 Å². The largest absolute Gasteiger partial charge is 0.481 e. The zero-order valence-corrected chi connectivity index (χ0v) is 14.9. The van der Waals surface area contributed by atoms with Crippen LogP contribution >= 0.6 is 11.3 Å². The minimum Gasteiger partial charge on any atom is -0.481 e. The molecule has 1 atom stereocenters. The summed E-state index contributed by atoms with van der Waals surface area (Å²) >= 11 is 1.76. The number of hydrogen-bond acceptors (Lipinski definition) is 5. The fourth-order valence-electron chi connectivity index (χ4n) is 3.68. The van der Waals surface area contributed by atoms with Gasteiger partial charge in [0.15, 0.2) is 11.5 Å². The molecule has 0 spiro atoms. The molecule has 2 aliphatic rings. The summed E-state index contributed by atoms with van der Waals surface area (Å²) in [7, 11) is 0. The minimum atomic E-state index is -0.674. The van der Waals surface area contributed by atoms with E-state index in [1.165, 1.54) is 16.0 Å². The summed E-state index contributed by atoms with van der Waals surface area (Å²) in [5.74, 6) is 0.678. The van der Waals surface area contributed by atoms with Crippen molar-refractivity contribution in [3.8, 4) is 11.5 Å². The van der Waals surface area contributed by atoms with Gasteiger partial charge in [-0.25, -0.2) is 0 Å². The number of piperidine rings is 1. The quantitative estimate of drug-likeness (QED) is 0.903. The predicted octanol–water partition coefficient (Wildman–Crippen LogP) is 3.67. The van der Waals surface area contributed by atoms with Crippen molar-refractivity contribution in [1.82, 2.24) is 4.90 Å². The molecule has 2 aliphatic heterocycles. The molecule has 4 rings (SSSR count). The van der Waals surface area contributed by atoms with Crippen molar-refractivity contribution in [2.75, 3.05) is 19.9 Å². The van der Waals surface area contributed by atoms with Crippen LogP contribution in [0.3, 0.4) is 0 Å². The fraction of sp³-hybridized carbons (Fsp3) is 0.421. The van der Waals surface area contributed by atoms with Crippen LogP contribution in [0.5, 0.6) is 11.5 Å². The van der Waals surface area contributed by atoms with Crippen LogP contribution in [0.25, 0.3) is 0 Å². The first kappa shape index (κ1) is 16.4. The lowest BCUT2D eigenvalue weighted by Gasteiger charge is -2.36. The lowest BCUT2D eigenvalue weighted by Crippen LogP contribution is -2.39. The number of aryl methyl sites for hydroxylation is 1. The molecule has 6 heteroatoms. The number of carboxylic acid groups (broad SMARTS) is 1. The van der Waals surface area contributed by atoms with Crippen LogP contribution < -0.4 is 9.47 Å². The Hall–Kier alpha value is -2.05. The molecule has 1 saturated heterocycles. The summed E-state index contributed by atoms with van der Waals surface area (Å²) < 4.78 is 11.0. The van der Waals surface area contributed by atoms with Gasteiger partial charge in [-0.05, 0) is 67.6 Å². The molecule has 0 radical (unpaired) electrons. The van der Waals surface area contributed by atoms with Crippen molar-refractivity contribution in [3.05, 3.63) is 45.6 Å². The maximum absolute atomic E-state index is 11.3. The summed E-state index contributed by atoms with van der Waals surface area (Å²) in [5.41, 5.74) is 2.44. The SMILES string of the molecule is Cc1ccsc1C(c1ccc2c(c1)OCO2)N1CCC(C(=O)O)CC1. The molecule has 5 nitrogen and oxygen atoms in total. The van der Waals surface area contributed by atoms with Gasteiger partial charge in [-0.1, -0.05) is 6.07 Å². The van der Waals surface area contributed by atoms with Crippen LogP contribution in [-0.2, 0) is 4.79 Å². The van der Waals surface area contributed by atoms with Gasteiger partial charge in [0.25, 0.3) is 0 Å². The van der Waals surface area contributed by atoms with Crippen molar-refractivity contribution in [3.63, 3.8) is 0 Å². The van der Waals surface area contributed by atoms with Crippen LogP contribution in [0.1, 0.15) is 34.9 Å². The van der Waals surface area contributed by atoms with Crippen LogP contribution in [-0.4, -0.2) is 35.9 Å². The van der Waals surface area contributed by atoms with E-state index in [-0.39, 0.29) is 18.8 Å². The van der Waals surface area contributed by atoms with Crippen molar-refractivity contribution in [1.29, 1.82) is 0 Å². The fourth-order valence-corrected chi connectivity index (χ4v) is 4.77. The van der Waals surface area contributed by atoms with E-state index in [4.69, 9.17) is 9.47 Å². The van der Waals surface area contributed by atoms with E-state index in [0.717, 1.165) is 24.6 Å². The van der Waals surface area contributed by atoms with Crippen LogP contribution in [0.15, 0.2) is 29.6 Å². The minimum absolute atomic E-state index is 0.129. The molecule has 25 heavy (non-hydrogen) atoms. The van der Waals surface area contributed by atoms with E-state index in [2.05, 4.69) is 35.4 Å². The number of thiophene rings is 1. The number of hydrogen-bond donors (Lipinski definition) is 1. The number of aliphatic carboxylic acids is 1. The zero-order valence-electron chi connectivity index (χ0n) is 14.1. The first-order valence-electron chi connectivity index (χ1n) is 8.54. The molecule has 0 saturated carbocycles. The van der Waals surface area contributed by atoms with Gasteiger partial charge < -0.3 is 14.6 Å². The third kappa shape index (κ3) is 3.12. The highest BCUT2D eigenvalue weighted by Gasteiger charge is 2.32. The highest BCUT2D eigenvalue weighted by molar-refractivity contribution is 7.10. The van der Waals surface area contributed by atoms with E-state index >= 15 is 0 Å². The summed E-state index contributed by atoms with van der Waals surface area (Å²) in [4.78, 5) is 15.0. The van der Waals surface area contributed by atoms with Gasteiger partial charge in [0.1, 0.15) is 0 Å². The molecule has 1 aromatic carbocycles. The molecule has 1 fully saturated rings. The Kier molecular flexibility index (Phi) is 4.39. The van der Waals surface area contributed by atoms with E-state index in [0.29, 0.717) is 12.8 Å². The second-order valence-electron chi connectivity index (χ2n) is 6.63. The number of likely N-dealkylation sites (tertiary alicyclic amines) is 1. The Morgan fingerprint density at radius 1 is 1.24 bits per heavy atom. The van der Waals surface area contributed by atoms with Crippen molar-refractivity contribution >= 4 is 17.3 Å². The molecule has 132 valence electrons. The molecular weight excluding hydrogens is 338 g/mol. The average Bonchev–Trinajstić information content (AvgIpc) is 3.24. The van der Waals surface area contributed by atoms with Crippen molar-refractivity contribution in [2.45, 2.75) is 25.8 Å². The Labute approximate surface area is 150 Å². The van der Waals surface area contributed by atoms with E-state index in [1.54, 1.807) is 11.3 Å². The summed E-state index contributed by atoms with van der Waals surface area (Å²) in [6.45, 7) is 3.97. The first-order chi connectivity index (χ1) is 12.1. The van der Waals surface area contributed by atoms with Crippen LogP contribution in [0, 0.1) is 12.8 Å². The second kappa shape index (κ2) is 6.69. The average molecular weight is 359 g/mol. The van der Waals surface area contributed by atoms with Crippen LogP contribution in [0.2, 0.25) is 0 Å². The third-order valence-electron chi connectivity index (χ3n) is 5.11. The van der Waals surface area contributed by atoms with Gasteiger partial charge in [-0.15, -0.1) is 11.3 Å². The molecule has 0 aliphatic carbocycles. The third-order valence-corrected chi connectivity index (χ3v) is 6.18. The number of rotatable bonds is 4. The molecular formula is C19H21NO4S. The molecule has 1 aromatic heterocycles. The summed E-state index contributed by atoms with van der Waals surface area (Å²) in [5, 5.41) is 11.4. The number of nitrogens with zero attached hydrogens (tertiary/aromatic N) is 1. The van der Waals surface area contributed by atoms with Crippen LogP contribution in [0.4, 0.5) is 0 Å². The second-order valence-corrected chi connectivity index (χ2v) is 7.58. The molecule has 1 N–H and O–H groups in total. The van der Waals surface area contributed by atoms with E-state index < -0.39 is 5.97 Å². The number of fused-ring (bicyclic) bond motifs is 1. The Morgan fingerprint density at radius 2 is 2.00 bits per heavy atom. The van der Waals surface area contributed by atoms with E-state index in [1.807, 2.05) is 6.07 Å². The number of benzene rings is 1. The van der Waals surface area contributed by atoms with Gasteiger partial charge in [-0.3, -0.25) is 9.69 Å². The Balaban J connectivity index is 1.66. The van der Waals surface area contributed by atoms with E-state index in [9.17, 15) is 9.90 Å². The van der Waals surface area contributed by atoms with Gasteiger partial charge in [0.2, 0.25) is 6.79 Å². The smallest absolute Gasteiger partial charge is 0.306 e. The highest BCUT2D eigenvalue weighted by Crippen LogP contribution is 2.41. The Bertz CT molecular complexity index is 779. The molecule has 2 aromatic rings. The van der Waals surface area contributed by atoms with Gasteiger partial charge in [0, 0.05) is 4.88 Å². The molecule has 3 heterocycles. The number of carbonyl (C=O) groups is 1. The van der Waals surface area contributed by atoms with Gasteiger partial charge >= 0.3 is 5.97 Å². The lowest BCUT2D eigenvalue weighted by molar-refractivity contribution is -0.143.